The predicted octanol–water partition coefficient (Wildman–Crippen LogP) is 2.05. The van der Waals surface area contributed by atoms with Crippen LogP contribution in [0.15, 0.2) is 30.3 Å². The predicted molar refractivity (Wildman–Crippen MR) is 90.4 cm³/mol. The fraction of sp³-hybridized carbons (Fsp3) is 0.647. The molecule has 3 rings (SSSR count). The summed E-state index contributed by atoms with van der Waals surface area (Å²) in [6.45, 7) is 2.61. The number of benzene rings is 1. The summed E-state index contributed by atoms with van der Waals surface area (Å²) >= 11 is 0. The van der Waals surface area contributed by atoms with Gasteiger partial charge >= 0.3 is 0 Å². The topological polar surface area (TPSA) is 49.9 Å². The summed E-state index contributed by atoms with van der Waals surface area (Å²) in [6, 6.07) is 10.4. The van der Waals surface area contributed by atoms with Crippen LogP contribution in [-0.4, -0.2) is 55.9 Å². The van der Waals surface area contributed by atoms with Crippen molar-refractivity contribution in [3.05, 3.63) is 35.9 Å². The molecule has 0 spiro atoms. The van der Waals surface area contributed by atoms with Gasteiger partial charge in [-0.1, -0.05) is 36.8 Å². The largest absolute Gasteiger partial charge is 0.379 e. The van der Waals surface area contributed by atoms with Gasteiger partial charge in [0.05, 0.1) is 13.2 Å². The smallest absolute Gasteiger partial charge is 0.282 e. The van der Waals surface area contributed by atoms with Gasteiger partial charge in [0.25, 0.3) is 10.2 Å². The van der Waals surface area contributed by atoms with Crippen LogP contribution < -0.4 is 0 Å². The first-order chi connectivity index (χ1) is 11.2. The summed E-state index contributed by atoms with van der Waals surface area (Å²) in [7, 11) is -3.35. The number of morpholine rings is 1. The molecule has 1 aromatic carbocycles. The molecule has 2 heterocycles. The third-order valence-electron chi connectivity index (χ3n) is 4.77. The molecule has 1 atom stereocenters. The van der Waals surface area contributed by atoms with Crippen molar-refractivity contribution in [1.82, 2.24) is 8.61 Å². The van der Waals surface area contributed by atoms with Crippen LogP contribution in [0.25, 0.3) is 0 Å². The fourth-order valence-electron chi connectivity index (χ4n) is 3.47. The summed E-state index contributed by atoms with van der Waals surface area (Å²) in [6.07, 6.45) is 4.88. The Bertz CT molecular complexity index is 585. The molecule has 0 aromatic heterocycles. The maximum Gasteiger partial charge on any atom is 0.282 e. The third kappa shape index (κ3) is 4.12. The lowest BCUT2D eigenvalue weighted by atomic mass is 9.98. The molecule has 0 radical (unpaired) electrons. The van der Waals surface area contributed by atoms with E-state index in [1.54, 1.807) is 8.61 Å². The van der Waals surface area contributed by atoms with Crippen LogP contribution in [0, 0.1) is 0 Å². The van der Waals surface area contributed by atoms with Crippen LogP contribution in [0.1, 0.15) is 31.2 Å². The van der Waals surface area contributed by atoms with Crippen molar-refractivity contribution in [2.45, 2.75) is 38.1 Å². The van der Waals surface area contributed by atoms with E-state index in [1.807, 2.05) is 18.2 Å². The van der Waals surface area contributed by atoms with Crippen LogP contribution in [0.3, 0.4) is 0 Å². The maximum absolute atomic E-state index is 13.0. The Morgan fingerprint density at radius 3 is 2.52 bits per heavy atom. The lowest BCUT2D eigenvalue weighted by Gasteiger charge is -2.39. The number of aryl methyl sites for hydroxylation is 1. The van der Waals surface area contributed by atoms with Gasteiger partial charge in [-0.05, 0) is 31.2 Å². The Morgan fingerprint density at radius 1 is 1.04 bits per heavy atom. The Balaban J connectivity index is 1.68. The van der Waals surface area contributed by atoms with E-state index in [4.69, 9.17) is 4.74 Å². The van der Waals surface area contributed by atoms with Crippen molar-refractivity contribution in [3.8, 4) is 0 Å². The molecule has 0 amide bonds. The Morgan fingerprint density at radius 2 is 1.78 bits per heavy atom. The molecule has 2 aliphatic rings. The molecule has 2 aliphatic heterocycles. The van der Waals surface area contributed by atoms with Crippen LogP contribution in [0.4, 0.5) is 0 Å². The highest BCUT2D eigenvalue weighted by atomic mass is 32.2. The Labute approximate surface area is 139 Å². The molecule has 2 saturated heterocycles. The lowest BCUT2D eigenvalue weighted by Crippen LogP contribution is -2.53. The van der Waals surface area contributed by atoms with Crippen molar-refractivity contribution in [3.63, 3.8) is 0 Å². The average molecular weight is 338 g/mol. The molecular weight excluding hydrogens is 312 g/mol. The van der Waals surface area contributed by atoms with E-state index < -0.39 is 10.2 Å². The highest BCUT2D eigenvalue weighted by Gasteiger charge is 2.36. The minimum absolute atomic E-state index is 0.122. The molecule has 0 saturated carbocycles. The first kappa shape index (κ1) is 16.9. The first-order valence-electron chi connectivity index (χ1n) is 8.56. The second-order valence-corrected chi connectivity index (χ2v) is 8.18. The van der Waals surface area contributed by atoms with Gasteiger partial charge in [-0.3, -0.25) is 0 Å². The van der Waals surface area contributed by atoms with Crippen LogP contribution in [0.2, 0.25) is 0 Å². The zero-order valence-corrected chi connectivity index (χ0v) is 14.4. The monoisotopic (exact) mass is 338 g/mol. The Kier molecular flexibility index (Phi) is 5.69. The van der Waals surface area contributed by atoms with Crippen molar-refractivity contribution < 1.29 is 13.2 Å². The minimum Gasteiger partial charge on any atom is -0.379 e. The number of ether oxygens (including phenoxy) is 1. The number of hydrogen-bond donors (Lipinski definition) is 0. The number of hydrogen-bond acceptors (Lipinski definition) is 3. The van der Waals surface area contributed by atoms with Gasteiger partial charge in [-0.2, -0.15) is 17.0 Å². The van der Waals surface area contributed by atoms with Gasteiger partial charge in [0.2, 0.25) is 0 Å². The van der Waals surface area contributed by atoms with Gasteiger partial charge in [0, 0.05) is 25.7 Å². The van der Waals surface area contributed by atoms with Gasteiger partial charge in [0.1, 0.15) is 0 Å². The lowest BCUT2D eigenvalue weighted by molar-refractivity contribution is 0.0680. The first-order valence-corrected chi connectivity index (χ1v) is 9.96. The maximum atomic E-state index is 13.0. The summed E-state index contributed by atoms with van der Waals surface area (Å²) in [5, 5.41) is 0. The van der Waals surface area contributed by atoms with E-state index >= 15 is 0 Å². The summed E-state index contributed by atoms with van der Waals surface area (Å²) in [4.78, 5) is 0. The van der Waals surface area contributed by atoms with Crippen LogP contribution in [0.5, 0.6) is 0 Å². The molecule has 6 heteroatoms. The number of rotatable bonds is 5. The van der Waals surface area contributed by atoms with E-state index in [1.165, 1.54) is 5.56 Å². The van der Waals surface area contributed by atoms with Crippen molar-refractivity contribution in [2.75, 3.05) is 32.8 Å². The van der Waals surface area contributed by atoms with Gasteiger partial charge in [-0.15, -0.1) is 0 Å². The molecule has 0 unspecified atom stereocenters. The minimum atomic E-state index is -3.35. The highest BCUT2D eigenvalue weighted by Crippen LogP contribution is 2.26. The zero-order valence-electron chi connectivity index (χ0n) is 13.6. The van der Waals surface area contributed by atoms with Gasteiger partial charge in [-0.25, -0.2) is 0 Å². The summed E-state index contributed by atoms with van der Waals surface area (Å²) in [5.74, 6) is 0. The standard InChI is InChI=1S/C17H26N2O3S/c20-23(21,18-12-14-22-15-13-18)19-11-5-4-8-17(19)10-9-16-6-2-1-3-7-16/h1-3,6-7,17H,4-5,8-15H2/t17-/m1/s1. The quantitative estimate of drug-likeness (QED) is 0.826. The van der Waals surface area contributed by atoms with E-state index in [9.17, 15) is 8.42 Å². The van der Waals surface area contributed by atoms with Gasteiger partial charge in [0.15, 0.2) is 0 Å². The normalized spacial score (nSPS) is 24.6. The molecule has 128 valence electrons. The number of nitrogens with zero attached hydrogens (tertiary/aromatic N) is 2. The molecule has 0 aliphatic carbocycles. The van der Waals surface area contributed by atoms with Gasteiger partial charge < -0.3 is 4.74 Å². The molecule has 5 nitrogen and oxygen atoms in total. The van der Waals surface area contributed by atoms with E-state index in [0.717, 1.165) is 32.1 Å². The van der Waals surface area contributed by atoms with Crippen LogP contribution >= 0.6 is 0 Å². The third-order valence-corrected chi connectivity index (χ3v) is 6.87. The van der Waals surface area contributed by atoms with Crippen molar-refractivity contribution >= 4 is 10.2 Å². The average Bonchev–Trinajstić information content (AvgIpc) is 2.62. The number of piperidine rings is 1. The van der Waals surface area contributed by atoms with Crippen molar-refractivity contribution in [1.29, 1.82) is 0 Å². The second-order valence-electron chi connectivity index (χ2n) is 6.30. The highest BCUT2D eigenvalue weighted by molar-refractivity contribution is 7.86. The van der Waals surface area contributed by atoms with E-state index in [0.29, 0.717) is 32.8 Å². The molecule has 23 heavy (non-hydrogen) atoms. The summed E-state index contributed by atoms with van der Waals surface area (Å²) in [5.41, 5.74) is 1.28. The molecule has 0 N–H and O–H groups in total. The molecule has 2 fully saturated rings. The van der Waals surface area contributed by atoms with Crippen molar-refractivity contribution in [2.24, 2.45) is 0 Å². The Hall–Kier alpha value is -0.950. The van der Waals surface area contributed by atoms with Crippen LogP contribution in [-0.2, 0) is 21.4 Å². The summed E-state index contributed by atoms with van der Waals surface area (Å²) < 4.78 is 34.6. The SMILES string of the molecule is O=S(=O)(N1CCOCC1)N1CCCC[C@@H]1CCc1ccccc1. The molecule has 1 aromatic rings. The molecular formula is C17H26N2O3S. The fourth-order valence-corrected chi connectivity index (χ4v) is 5.32. The molecule has 0 bridgehead atoms. The second kappa shape index (κ2) is 7.75. The zero-order chi connectivity index (χ0) is 16.1. The van der Waals surface area contributed by atoms with E-state index in [-0.39, 0.29) is 6.04 Å². The van der Waals surface area contributed by atoms with E-state index in [2.05, 4.69) is 12.1 Å².